The number of anilines is 2. The van der Waals surface area contributed by atoms with Crippen molar-refractivity contribution >= 4 is 17.5 Å². The predicted octanol–water partition coefficient (Wildman–Crippen LogP) is 3.12. The summed E-state index contributed by atoms with van der Waals surface area (Å²) in [6.07, 6.45) is 5.63. The fourth-order valence-electron chi connectivity index (χ4n) is 2.91. The van der Waals surface area contributed by atoms with Crippen molar-refractivity contribution in [3.63, 3.8) is 0 Å². The predicted molar refractivity (Wildman–Crippen MR) is 82.6 cm³/mol. The van der Waals surface area contributed by atoms with E-state index in [0.29, 0.717) is 17.5 Å². The molecule has 0 atom stereocenters. The molecule has 1 aliphatic rings. The maximum Gasteiger partial charge on any atom is 0.332 e. The average molecular weight is 293 g/mol. The minimum Gasteiger partial charge on any atom is -0.361 e. The number of hydrogen-bond donors (Lipinski definition) is 2. The van der Waals surface area contributed by atoms with Gasteiger partial charge in [0.2, 0.25) is 11.8 Å². The average Bonchev–Trinajstić information content (AvgIpc) is 2.47. The summed E-state index contributed by atoms with van der Waals surface area (Å²) in [4.78, 5) is 19.2. The molecule has 21 heavy (non-hydrogen) atoms. The third kappa shape index (κ3) is 3.59. The molecule has 7 heteroatoms. The highest BCUT2D eigenvalue weighted by atomic mass is 16.6. The van der Waals surface area contributed by atoms with E-state index in [1.165, 1.54) is 19.3 Å². The van der Waals surface area contributed by atoms with Crippen molar-refractivity contribution in [2.24, 2.45) is 5.92 Å². The Morgan fingerprint density at radius 3 is 2.48 bits per heavy atom. The van der Waals surface area contributed by atoms with E-state index in [9.17, 15) is 10.1 Å². The zero-order valence-electron chi connectivity index (χ0n) is 12.8. The number of nitro groups is 1. The molecule has 116 valence electrons. The first-order valence-corrected chi connectivity index (χ1v) is 7.52. The maximum absolute atomic E-state index is 11.2. The van der Waals surface area contributed by atoms with Crippen molar-refractivity contribution in [1.82, 2.24) is 9.97 Å². The molecule has 0 spiro atoms. The minimum absolute atomic E-state index is 0.0217. The van der Waals surface area contributed by atoms with Crippen molar-refractivity contribution < 1.29 is 4.92 Å². The van der Waals surface area contributed by atoms with E-state index in [-0.39, 0.29) is 11.7 Å². The second-order valence-electron chi connectivity index (χ2n) is 5.61. The summed E-state index contributed by atoms with van der Waals surface area (Å²) < 4.78 is 0. The number of aromatic nitrogens is 2. The van der Waals surface area contributed by atoms with Gasteiger partial charge in [0.25, 0.3) is 0 Å². The van der Waals surface area contributed by atoms with Gasteiger partial charge in [-0.25, -0.2) is 4.98 Å². The van der Waals surface area contributed by atoms with Gasteiger partial charge in [-0.1, -0.05) is 13.3 Å². The Morgan fingerprint density at radius 2 is 1.95 bits per heavy atom. The van der Waals surface area contributed by atoms with Crippen LogP contribution in [-0.4, -0.2) is 28.0 Å². The van der Waals surface area contributed by atoms with Gasteiger partial charge < -0.3 is 10.6 Å². The molecule has 0 saturated heterocycles. The van der Waals surface area contributed by atoms with Gasteiger partial charge in [0, 0.05) is 13.1 Å². The lowest BCUT2D eigenvalue weighted by Gasteiger charge is -2.28. The highest BCUT2D eigenvalue weighted by molar-refractivity contribution is 5.61. The van der Waals surface area contributed by atoms with Gasteiger partial charge in [0.1, 0.15) is 5.69 Å². The lowest BCUT2D eigenvalue weighted by molar-refractivity contribution is -0.385. The van der Waals surface area contributed by atoms with Crippen molar-refractivity contribution in [1.29, 1.82) is 0 Å². The Morgan fingerprint density at radius 1 is 1.29 bits per heavy atom. The molecule has 1 saturated carbocycles. The molecule has 0 aliphatic heterocycles. The van der Waals surface area contributed by atoms with Crippen molar-refractivity contribution in [3.05, 3.63) is 15.8 Å². The smallest absolute Gasteiger partial charge is 0.332 e. The van der Waals surface area contributed by atoms with Crippen molar-refractivity contribution in [2.75, 3.05) is 17.7 Å². The van der Waals surface area contributed by atoms with Crippen LogP contribution in [0.2, 0.25) is 0 Å². The van der Waals surface area contributed by atoms with Crippen molar-refractivity contribution in [3.8, 4) is 0 Å². The molecule has 0 unspecified atom stereocenters. The molecule has 0 bridgehead atoms. The van der Waals surface area contributed by atoms with Gasteiger partial charge in [-0.2, -0.15) is 4.98 Å². The fraction of sp³-hybridized carbons (Fsp3) is 0.714. The van der Waals surface area contributed by atoms with Crippen molar-refractivity contribution in [2.45, 2.75) is 52.0 Å². The topological polar surface area (TPSA) is 93.0 Å². The SMILES string of the molecule is CCC1CCC(Nc2nc(NC)nc(C)c2[N+](=O)[O-])CC1. The van der Waals surface area contributed by atoms with Crippen LogP contribution < -0.4 is 10.6 Å². The molecule has 1 aliphatic carbocycles. The Bertz CT molecular complexity index is 512. The minimum atomic E-state index is -0.408. The molecule has 2 N–H and O–H groups in total. The summed E-state index contributed by atoms with van der Waals surface area (Å²) in [6, 6.07) is 0.255. The first-order valence-electron chi connectivity index (χ1n) is 7.52. The molecule has 1 aromatic heterocycles. The molecule has 1 heterocycles. The molecular formula is C14H23N5O2. The Kier molecular flexibility index (Phi) is 4.93. The summed E-state index contributed by atoms with van der Waals surface area (Å²) in [7, 11) is 1.71. The number of aryl methyl sites for hydroxylation is 1. The highest BCUT2D eigenvalue weighted by Crippen LogP contribution is 2.32. The van der Waals surface area contributed by atoms with Crippen LogP contribution in [-0.2, 0) is 0 Å². The van der Waals surface area contributed by atoms with Gasteiger partial charge in [-0.05, 0) is 38.5 Å². The van der Waals surface area contributed by atoms with Crippen LogP contribution in [0.3, 0.4) is 0 Å². The first-order chi connectivity index (χ1) is 10.0. The van der Waals surface area contributed by atoms with E-state index < -0.39 is 4.92 Å². The van der Waals surface area contributed by atoms with Gasteiger partial charge in [0.05, 0.1) is 4.92 Å². The van der Waals surface area contributed by atoms with Crippen LogP contribution >= 0.6 is 0 Å². The van der Waals surface area contributed by atoms with Crippen LogP contribution in [0.1, 0.15) is 44.7 Å². The van der Waals surface area contributed by atoms with Gasteiger partial charge in [0.15, 0.2) is 0 Å². The number of rotatable bonds is 5. The lowest BCUT2D eigenvalue weighted by atomic mass is 9.84. The van der Waals surface area contributed by atoms with Crippen LogP contribution in [0.25, 0.3) is 0 Å². The zero-order valence-corrected chi connectivity index (χ0v) is 12.8. The molecule has 0 aromatic carbocycles. The highest BCUT2D eigenvalue weighted by Gasteiger charge is 2.26. The van der Waals surface area contributed by atoms with E-state index in [1.54, 1.807) is 14.0 Å². The largest absolute Gasteiger partial charge is 0.361 e. The number of nitrogens with one attached hydrogen (secondary N) is 2. The maximum atomic E-state index is 11.2. The molecule has 1 fully saturated rings. The van der Waals surface area contributed by atoms with Crippen LogP contribution in [0.4, 0.5) is 17.5 Å². The molecular weight excluding hydrogens is 270 g/mol. The Labute approximate surface area is 124 Å². The van der Waals surface area contributed by atoms with E-state index >= 15 is 0 Å². The Balaban J connectivity index is 2.18. The van der Waals surface area contributed by atoms with Crippen LogP contribution in [0.15, 0.2) is 0 Å². The lowest BCUT2D eigenvalue weighted by Crippen LogP contribution is -2.27. The van der Waals surface area contributed by atoms with Gasteiger partial charge >= 0.3 is 5.69 Å². The molecule has 7 nitrogen and oxygen atoms in total. The first kappa shape index (κ1) is 15.5. The zero-order chi connectivity index (χ0) is 15.4. The third-order valence-corrected chi connectivity index (χ3v) is 4.23. The van der Waals surface area contributed by atoms with E-state index in [1.807, 2.05) is 0 Å². The monoisotopic (exact) mass is 293 g/mol. The normalized spacial score (nSPS) is 21.9. The van der Waals surface area contributed by atoms with Crippen LogP contribution in [0, 0.1) is 23.0 Å². The number of hydrogen-bond acceptors (Lipinski definition) is 6. The van der Waals surface area contributed by atoms with E-state index in [4.69, 9.17) is 0 Å². The summed E-state index contributed by atoms with van der Waals surface area (Å²) in [5.74, 6) is 1.53. The summed E-state index contributed by atoms with van der Waals surface area (Å²) in [6.45, 7) is 3.86. The molecule has 0 amide bonds. The second-order valence-corrected chi connectivity index (χ2v) is 5.61. The summed E-state index contributed by atoms with van der Waals surface area (Å²) in [5.41, 5.74) is 0.357. The summed E-state index contributed by atoms with van der Waals surface area (Å²) >= 11 is 0. The molecule has 2 rings (SSSR count). The second kappa shape index (κ2) is 6.69. The van der Waals surface area contributed by atoms with Crippen LogP contribution in [0.5, 0.6) is 0 Å². The number of nitrogens with zero attached hydrogens (tertiary/aromatic N) is 3. The van der Waals surface area contributed by atoms with Gasteiger partial charge in [-0.3, -0.25) is 10.1 Å². The van der Waals surface area contributed by atoms with Gasteiger partial charge in [-0.15, -0.1) is 0 Å². The van der Waals surface area contributed by atoms with E-state index in [0.717, 1.165) is 18.8 Å². The molecule has 0 radical (unpaired) electrons. The fourth-order valence-corrected chi connectivity index (χ4v) is 2.91. The third-order valence-electron chi connectivity index (χ3n) is 4.23. The standard InChI is InChI=1S/C14H23N5O2/c1-4-10-5-7-11(8-6-10)17-13-12(19(20)21)9(2)16-14(15-3)18-13/h10-11H,4-8H2,1-3H3,(H2,15,16,17,18). The quantitative estimate of drug-likeness (QED) is 0.640. The Hall–Kier alpha value is -1.92. The summed E-state index contributed by atoms with van der Waals surface area (Å²) in [5, 5.41) is 17.3. The van der Waals surface area contributed by atoms with E-state index in [2.05, 4.69) is 27.5 Å². The molecule has 1 aromatic rings.